The Morgan fingerprint density at radius 2 is 1.94 bits per heavy atom. The molecule has 1 atom stereocenters. The monoisotopic (exact) mass is 239 g/mol. The van der Waals surface area contributed by atoms with E-state index in [0.29, 0.717) is 0 Å². The minimum Gasteiger partial charge on any atom is -0.384 e. The molecule has 0 radical (unpaired) electrons. The van der Waals surface area contributed by atoms with E-state index in [4.69, 9.17) is 10.8 Å². The van der Waals surface area contributed by atoms with Crippen LogP contribution in [0.15, 0.2) is 24.3 Å². The van der Waals surface area contributed by atoms with Crippen molar-refractivity contribution >= 4 is 5.78 Å². The first-order valence-corrected chi connectivity index (χ1v) is 6.47. The molecule has 0 rings (SSSR count). The molecular formula is C14H25NO2. The number of rotatable bonds is 10. The van der Waals surface area contributed by atoms with Gasteiger partial charge in [0.15, 0.2) is 5.78 Å². The molecule has 0 aromatic carbocycles. The Labute approximate surface area is 104 Å². The van der Waals surface area contributed by atoms with Gasteiger partial charge in [-0.25, -0.2) is 0 Å². The molecule has 0 saturated heterocycles. The Kier molecular flexibility index (Phi) is 10.9. The van der Waals surface area contributed by atoms with Gasteiger partial charge in [0.1, 0.15) is 6.10 Å². The summed E-state index contributed by atoms with van der Waals surface area (Å²) in [7, 11) is 0. The first kappa shape index (κ1) is 16.1. The lowest BCUT2D eigenvalue weighted by Crippen LogP contribution is -2.27. The predicted octanol–water partition coefficient (Wildman–Crippen LogP) is 2.35. The van der Waals surface area contributed by atoms with Crippen molar-refractivity contribution in [1.29, 1.82) is 0 Å². The highest BCUT2D eigenvalue weighted by Crippen LogP contribution is 2.05. The van der Waals surface area contributed by atoms with E-state index in [1.54, 1.807) is 6.08 Å². The molecule has 1 unspecified atom stereocenters. The maximum absolute atomic E-state index is 11.1. The van der Waals surface area contributed by atoms with Gasteiger partial charge in [0.25, 0.3) is 0 Å². The second kappa shape index (κ2) is 11.6. The van der Waals surface area contributed by atoms with Gasteiger partial charge in [-0.1, -0.05) is 50.8 Å². The number of aliphatic hydroxyl groups excluding tert-OH is 1. The van der Waals surface area contributed by atoms with E-state index in [2.05, 4.69) is 6.92 Å². The van der Waals surface area contributed by atoms with Crippen molar-refractivity contribution in [3.63, 3.8) is 0 Å². The smallest absolute Gasteiger partial charge is 0.185 e. The Morgan fingerprint density at radius 1 is 1.24 bits per heavy atom. The van der Waals surface area contributed by atoms with Gasteiger partial charge >= 0.3 is 0 Å². The first-order valence-electron chi connectivity index (χ1n) is 6.47. The van der Waals surface area contributed by atoms with Crippen LogP contribution in [-0.4, -0.2) is 23.5 Å². The lowest BCUT2D eigenvalue weighted by molar-refractivity contribution is -0.121. The van der Waals surface area contributed by atoms with Gasteiger partial charge in [0.2, 0.25) is 0 Å². The van der Waals surface area contributed by atoms with Crippen molar-refractivity contribution in [3.8, 4) is 0 Å². The molecule has 0 fully saturated rings. The fourth-order valence-corrected chi connectivity index (χ4v) is 1.42. The summed E-state index contributed by atoms with van der Waals surface area (Å²) in [5.74, 6) is -0.333. The van der Waals surface area contributed by atoms with Crippen molar-refractivity contribution in [2.24, 2.45) is 5.73 Å². The molecule has 0 spiro atoms. The number of aliphatic hydroxyl groups is 1. The summed E-state index contributed by atoms with van der Waals surface area (Å²) in [6.07, 6.45) is 13.3. The van der Waals surface area contributed by atoms with Crippen LogP contribution in [0.5, 0.6) is 0 Å². The van der Waals surface area contributed by atoms with Gasteiger partial charge in [-0.15, -0.1) is 0 Å². The van der Waals surface area contributed by atoms with E-state index in [1.807, 2.05) is 12.2 Å². The summed E-state index contributed by atoms with van der Waals surface area (Å²) < 4.78 is 0. The number of unbranched alkanes of at least 4 members (excludes halogenated alkanes) is 5. The number of hydrogen-bond acceptors (Lipinski definition) is 3. The molecule has 3 heteroatoms. The maximum Gasteiger partial charge on any atom is 0.185 e. The van der Waals surface area contributed by atoms with Crippen LogP contribution >= 0.6 is 0 Å². The predicted molar refractivity (Wildman–Crippen MR) is 71.7 cm³/mol. The van der Waals surface area contributed by atoms with Crippen LogP contribution in [0, 0.1) is 0 Å². The van der Waals surface area contributed by atoms with E-state index in [-0.39, 0.29) is 12.3 Å². The molecular weight excluding hydrogens is 214 g/mol. The standard InChI is InChI=1S/C14H25NO2/c1-2-3-4-5-6-7-8-9-10-11-13(16)14(17)12-15/h8-11,14,17H,2-7,12,15H2,1H3/b9-8+,11-10+. The zero-order valence-corrected chi connectivity index (χ0v) is 10.8. The Morgan fingerprint density at radius 3 is 2.59 bits per heavy atom. The molecule has 0 aliphatic carbocycles. The number of hydrogen-bond donors (Lipinski definition) is 2. The molecule has 0 heterocycles. The largest absolute Gasteiger partial charge is 0.384 e. The van der Waals surface area contributed by atoms with Crippen LogP contribution in [0.4, 0.5) is 0 Å². The zero-order chi connectivity index (χ0) is 12.9. The third kappa shape index (κ3) is 9.97. The number of carbonyl (C=O) groups excluding carboxylic acids is 1. The van der Waals surface area contributed by atoms with E-state index in [0.717, 1.165) is 6.42 Å². The summed E-state index contributed by atoms with van der Waals surface area (Å²) >= 11 is 0. The van der Waals surface area contributed by atoms with Gasteiger partial charge in [-0.05, 0) is 18.9 Å². The fraction of sp³-hybridized carbons (Fsp3) is 0.643. The van der Waals surface area contributed by atoms with E-state index in [1.165, 1.54) is 38.2 Å². The van der Waals surface area contributed by atoms with Crippen LogP contribution in [0.1, 0.15) is 45.4 Å². The van der Waals surface area contributed by atoms with Gasteiger partial charge in [0, 0.05) is 6.54 Å². The minimum absolute atomic E-state index is 0.0235. The summed E-state index contributed by atoms with van der Waals surface area (Å²) in [4.78, 5) is 11.1. The molecule has 3 N–H and O–H groups in total. The summed E-state index contributed by atoms with van der Waals surface area (Å²) in [5.41, 5.74) is 5.16. The van der Waals surface area contributed by atoms with E-state index >= 15 is 0 Å². The number of carbonyl (C=O) groups is 1. The second-order valence-corrected chi connectivity index (χ2v) is 4.14. The van der Waals surface area contributed by atoms with Crippen molar-refractivity contribution in [2.75, 3.05) is 6.54 Å². The maximum atomic E-state index is 11.1. The highest BCUT2D eigenvalue weighted by Gasteiger charge is 2.07. The summed E-state index contributed by atoms with van der Waals surface area (Å²) in [6.45, 7) is 2.18. The molecule has 17 heavy (non-hydrogen) atoms. The third-order valence-corrected chi connectivity index (χ3v) is 2.53. The Hall–Kier alpha value is -0.930. The summed E-state index contributed by atoms with van der Waals surface area (Å²) in [6, 6.07) is 0. The lowest BCUT2D eigenvalue weighted by Gasteiger charge is -1.99. The zero-order valence-electron chi connectivity index (χ0n) is 10.8. The molecule has 0 aromatic heterocycles. The SMILES string of the molecule is CCCCCCC/C=C/C=C/C(=O)C(O)CN. The van der Waals surface area contributed by atoms with Crippen molar-refractivity contribution in [1.82, 2.24) is 0 Å². The van der Waals surface area contributed by atoms with Gasteiger partial charge in [0.05, 0.1) is 0 Å². The minimum atomic E-state index is -1.06. The van der Waals surface area contributed by atoms with Crippen LogP contribution in [0.25, 0.3) is 0 Å². The molecule has 0 aliphatic heterocycles. The van der Waals surface area contributed by atoms with Gasteiger partial charge in [-0.2, -0.15) is 0 Å². The van der Waals surface area contributed by atoms with Crippen LogP contribution < -0.4 is 5.73 Å². The Bertz CT molecular complexity index is 247. The summed E-state index contributed by atoms with van der Waals surface area (Å²) in [5, 5.41) is 9.10. The average molecular weight is 239 g/mol. The molecule has 0 saturated carbocycles. The fourth-order valence-electron chi connectivity index (χ4n) is 1.42. The highest BCUT2D eigenvalue weighted by atomic mass is 16.3. The van der Waals surface area contributed by atoms with E-state index in [9.17, 15) is 4.79 Å². The number of nitrogens with two attached hydrogens (primary N) is 1. The highest BCUT2D eigenvalue weighted by molar-refractivity contribution is 5.93. The topological polar surface area (TPSA) is 63.3 Å². The van der Waals surface area contributed by atoms with Crippen LogP contribution in [-0.2, 0) is 4.79 Å². The van der Waals surface area contributed by atoms with Crippen molar-refractivity contribution < 1.29 is 9.90 Å². The van der Waals surface area contributed by atoms with Gasteiger partial charge in [-0.3, -0.25) is 4.79 Å². The molecule has 0 aromatic rings. The quantitative estimate of drug-likeness (QED) is 0.349. The van der Waals surface area contributed by atoms with E-state index < -0.39 is 6.10 Å². The molecule has 0 bridgehead atoms. The van der Waals surface area contributed by atoms with Crippen molar-refractivity contribution in [3.05, 3.63) is 24.3 Å². The molecule has 0 aliphatic rings. The number of allylic oxidation sites excluding steroid dienone is 3. The average Bonchev–Trinajstić information content (AvgIpc) is 2.35. The number of ketones is 1. The van der Waals surface area contributed by atoms with Crippen LogP contribution in [0.3, 0.4) is 0 Å². The normalized spacial score (nSPS) is 13.6. The third-order valence-electron chi connectivity index (χ3n) is 2.53. The van der Waals surface area contributed by atoms with Gasteiger partial charge < -0.3 is 10.8 Å². The van der Waals surface area contributed by atoms with Crippen molar-refractivity contribution in [2.45, 2.75) is 51.6 Å². The molecule has 0 amide bonds. The lowest BCUT2D eigenvalue weighted by atomic mass is 10.1. The Balaban J connectivity index is 3.53. The molecule has 3 nitrogen and oxygen atoms in total. The molecule has 98 valence electrons. The van der Waals surface area contributed by atoms with Crippen LogP contribution in [0.2, 0.25) is 0 Å². The first-order chi connectivity index (χ1) is 8.22. The second-order valence-electron chi connectivity index (χ2n) is 4.14.